The topological polar surface area (TPSA) is 100 Å². The van der Waals surface area contributed by atoms with Crippen LogP contribution in [-0.4, -0.2) is 24.1 Å². The van der Waals surface area contributed by atoms with Crippen molar-refractivity contribution >= 4 is 49.3 Å². The van der Waals surface area contributed by atoms with Gasteiger partial charge in [0.05, 0.1) is 63.3 Å². The van der Waals surface area contributed by atoms with Crippen LogP contribution in [0.25, 0.3) is 172 Å². The monoisotopic (exact) mass is 1250 g/mol. The second-order valence-corrected chi connectivity index (χ2v) is 24.5. The minimum absolute atomic E-state index is 0.451. The summed E-state index contributed by atoms with van der Waals surface area (Å²) < 4.78 is 4.70. The Hall–Kier alpha value is -13.8. The van der Waals surface area contributed by atoms with Gasteiger partial charge in [-0.25, -0.2) is 19.8 Å². The molecule has 17 rings (SSSR count). The van der Waals surface area contributed by atoms with Crippen LogP contribution < -0.4 is 0 Å². The molecule has 454 valence electrons. The second kappa shape index (κ2) is 24.6. The van der Waals surface area contributed by atoms with Crippen molar-refractivity contribution in [1.29, 1.82) is 10.5 Å². The molecule has 3 heterocycles. The van der Waals surface area contributed by atoms with E-state index in [0.29, 0.717) is 34.3 Å². The van der Waals surface area contributed by atoms with Crippen LogP contribution in [0.3, 0.4) is 0 Å². The van der Waals surface area contributed by atoms with Crippen LogP contribution in [0.2, 0.25) is 0 Å². The maximum absolute atomic E-state index is 10.4. The lowest BCUT2D eigenvalue weighted by Gasteiger charge is -2.18. The maximum Gasteiger partial charge on any atom is 0.187 e. The van der Waals surface area contributed by atoms with Gasteiger partial charge in [-0.1, -0.05) is 237 Å². The van der Waals surface area contributed by atoms with Crippen LogP contribution in [0, 0.1) is 29.2 Å². The smallest absolute Gasteiger partial charge is 0.187 e. The van der Waals surface area contributed by atoms with E-state index in [1.807, 2.05) is 97.1 Å². The van der Waals surface area contributed by atoms with Crippen LogP contribution in [0.15, 0.2) is 328 Å². The van der Waals surface area contributed by atoms with Gasteiger partial charge in [0, 0.05) is 49.4 Å². The molecule has 0 fully saturated rings. The molecule has 98 heavy (non-hydrogen) atoms. The van der Waals surface area contributed by atoms with Crippen LogP contribution >= 0.6 is 0 Å². The number of hydrogen-bond acceptors (Lipinski definition) is 5. The third-order valence-corrected chi connectivity index (χ3v) is 18.7. The molecular weight excluding hydrogens is 1190 g/mol. The second-order valence-electron chi connectivity index (χ2n) is 24.5. The molecule has 0 unspecified atom stereocenters. The summed E-state index contributed by atoms with van der Waals surface area (Å²) in [6.45, 7) is 8.14. The molecule has 0 bridgehead atoms. The zero-order valence-corrected chi connectivity index (χ0v) is 52.8. The van der Waals surface area contributed by atoms with Crippen LogP contribution in [0.4, 0.5) is 5.69 Å². The van der Waals surface area contributed by atoms with E-state index in [2.05, 4.69) is 257 Å². The highest BCUT2D eigenvalue weighted by molar-refractivity contribution is 6.14. The number of nitrogens with zero attached hydrogens (tertiary/aromatic N) is 8. The third-order valence-electron chi connectivity index (χ3n) is 18.7. The molecule has 8 nitrogen and oxygen atoms in total. The molecule has 0 radical (unpaired) electrons. The van der Waals surface area contributed by atoms with Crippen molar-refractivity contribution in [3.05, 3.63) is 350 Å². The third kappa shape index (κ3) is 10.6. The molecule has 0 atom stereocenters. The molecule has 0 saturated carbocycles. The fraction of sp³-hybridized carbons (Fsp3) is 0. The Kier molecular flexibility index (Phi) is 14.5. The fourth-order valence-corrected chi connectivity index (χ4v) is 13.8. The zero-order valence-electron chi connectivity index (χ0n) is 52.8. The van der Waals surface area contributed by atoms with Gasteiger partial charge in [0.25, 0.3) is 0 Å². The molecule has 0 aliphatic rings. The number of benzene rings is 14. The number of aromatic nitrogens is 5. The maximum atomic E-state index is 10.4. The van der Waals surface area contributed by atoms with E-state index in [4.69, 9.17) is 21.5 Å². The van der Waals surface area contributed by atoms with Crippen LogP contribution in [0.5, 0.6) is 0 Å². The number of rotatable bonds is 12. The summed E-state index contributed by atoms with van der Waals surface area (Å²) in [5.74, 6) is 1.37. The van der Waals surface area contributed by atoms with E-state index in [1.54, 1.807) is 0 Å². The average Bonchev–Trinajstić information content (AvgIpc) is 1.57. The Bertz CT molecular complexity index is 5590. The van der Waals surface area contributed by atoms with Crippen molar-refractivity contribution in [3.8, 4) is 136 Å². The van der Waals surface area contributed by atoms with Gasteiger partial charge in [-0.15, -0.1) is 0 Å². The number of hydrogen-bond donors (Lipinski definition) is 0. The highest BCUT2D eigenvalue weighted by Gasteiger charge is 2.24. The van der Waals surface area contributed by atoms with Gasteiger partial charge >= 0.3 is 0 Å². The fourth-order valence-electron chi connectivity index (χ4n) is 13.8. The van der Waals surface area contributed by atoms with Crippen LogP contribution in [-0.2, 0) is 0 Å². The van der Waals surface area contributed by atoms with Crippen molar-refractivity contribution in [3.63, 3.8) is 0 Å². The Morgan fingerprint density at radius 2 is 0.571 bits per heavy atom. The Morgan fingerprint density at radius 3 is 0.959 bits per heavy atom. The summed E-state index contributed by atoms with van der Waals surface area (Å²) in [5.41, 5.74) is 24.2. The van der Waals surface area contributed by atoms with E-state index in [1.165, 1.54) is 0 Å². The minimum Gasteiger partial charge on any atom is -0.309 e. The lowest BCUT2D eigenvalue weighted by molar-refractivity contribution is 1.07. The lowest BCUT2D eigenvalue weighted by atomic mass is 9.98. The summed E-state index contributed by atoms with van der Waals surface area (Å²) in [6, 6.07) is 118. The van der Waals surface area contributed by atoms with Crippen LogP contribution in [0.1, 0.15) is 11.1 Å². The zero-order chi connectivity index (χ0) is 65.6. The summed E-state index contributed by atoms with van der Waals surface area (Å²) >= 11 is 0. The lowest BCUT2D eigenvalue weighted by Crippen LogP contribution is -2.03. The molecule has 0 amide bonds. The van der Waals surface area contributed by atoms with Crippen molar-refractivity contribution < 1.29 is 0 Å². The first-order chi connectivity index (χ1) is 48.4. The van der Waals surface area contributed by atoms with E-state index < -0.39 is 0 Å². The molecule has 0 aliphatic carbocycles. The van der Waals surface area contributed by atoms with Gasteiger partial charge in [-0.05, 0) is 158 Å². The molecule has 17 aromatic rings. The standard InChI is InChI=1S/C90H54N8/c1-93-75-27-15-26-72(49-75)77-43-37-74(55-87(77)98-84-46-40-69(62-21-10-4-11-22-62)52-80(84)81-53-70(41-47-85(81)98)63-23-12-5-13-24-63)90-95-88(66-34-32-65(33-35-66)64-30-28-58(56-91)29-31-64)94-89(96-90)73-36-42-76(71-25-14-16-59(48-71)57-92)86(54-73)97-82-44-38-67(60-17-6-2-7-18-60)50-78(82)79-51-68(39-45-83(79)97)61-19-8-3-9-20-61/h2-55H. The molecular formula is C90H54N8. The van der Waals surface area contributed by atoms with Crippen molar-refractivity contribution in [1.82, 2.24) is 24.1 Å². The molecule has 3 aromatic heterocycles. The number of nitriles is 2. The largest absolute Gasteiger partial charge is 0.309 e. The quantitative estimate of drug-likeness (QED) is 0.113. The predicted octanol–water partition coefficient (Wildman–Crippen LogP) is 23.0. The molecule has 0 spiro atoms. The first kappa shape index (κ1) is 58.0. The summed E-state index contributed by atoms with van der Waals surface area (Å²) in [4.78, 5) is 20.4. The van der Waals surface area contributed by atoms with E-state index >= 15 is 0 Å². The SMILES string of the molecule is [C-]#[N+]c1cccc(-c2ccc(-c3nc(-c4ccc(-c5ccc(C#N)cc5)cc4)nc(-c4ccc(-c5cccc(C#N)c5)c(-n5c6ccc(-c7ccccc7)cc6c6cc(-c7ccccc7)ccc65)c4)n3)cc2-n2c3ccc(-c4ccccc4)cc3c3cc(-c4ccccc4)ccc32)c1. The van der Waals surface area contributed by atoms with Crippen molar-refractivity contribution in [2.24, 2.45) is 0 Å². The van der Waals surface area contributed by atoms with E-state index in [-0.39, 0.29) is 0 Å². The molecule has 0 N–H and O–H groups in total. The normalized spacial score (nSPS) is 11.2. The molecule has 0 saturated heterocycles. The Labute approximate surface area is 566 Å². The van der Waals surface area contributed by atoms with Crippen molar-refractivity contribution in [2.45, 2.75) is 0 Å². The summed E-state index contributed by atoms with van der Waals surface area (Å²) in [6.07, 6.45) is 0. The van der Waals surface area contributed by atoms with E-state index in [9.17, 15) is 10.5 Å². The van der Waals surface area contributed by atoms with Gasteiger partial charge in [-0.3, -0.25) is 0 Å². The minimum atomic E-state index is 0.451. The number of fused-ring (bicyclic) bond motifs is 6. The van der Waals surface area contributed by atoms with Crippen molar-refractivity contribution in [2.75, 3.05) is 0 Å². The first-order valence-electron chi connectivity index (χ1n) is 32.4. The van der Waals surface area contributed by atoms with Gasteiger partial charge in [0.1, 0.15) is 0 Å². The van der Waals surface area contributed by atoms with Gasteiger partial charge < -0.3 is 9.13 Å². The van der Waals surface area contributed by atoms with Gasteiger partial charge in [0.15, 0.2) is 23.2 Å². The average molecular weight is 1250 g/mol. The summed E-state index contributed by atoms with van der Waals surface area (Å²) in [7, 11) is 0. The highest BCUT2D eigenvalue weighted by atomic mass is 15.0. The van der Waals surface area contributed by atoms with E-state index in [0.717, 1.165) is 150 Å². The molecule has 0 aliphatic heterocycles. The summed E-state index contributed by atoms with van der Waals surface area (Å²) in [5, 5.41) is 24.4. The predicted molar refractivity (Wildman–Crippen MR) is 399 cm³/mol. The first-order valence-corrected chi connectivity index (χ1v) is 32.4. The molecule has 8 heteroatoms. The molecule has 14 aromatic carbocycles. The highest BCUT2D eigenvalue weighted by Crippen LogP contribution is 2.45. The Morgan fingerprint density at radius 1 is 0.255 bits per heavy atom. The Balaban J connectivity index is 0.909. The van der Waals surface area contributed by atoms with Gasteiger partial charge in [0.2, 0.25) is 0 Å². The van der Waals surface area contributed by atoms with Gasteiger partial charge in [-0.2, -0.15) is 10.5 Å².